The van der Waals surface area contributed by atoms with Crippen LogP contribution in [0.25, 0.3) is 54.7 Å². The second-order valence-electron chi connectivity index (χ2n) is 8.79. The van der Waals surface area contributed by atoms with Gasteiger partial charge in [0.1, 0.15) is 11.2 Å². The molecular formula is C29H23NO. The molecule has 6 rings (SSSR count). The van der Waals surface area contributed by atoms with Crippen LogP contribution in [0.1, 0.15) is 19.4 Å². The number of aromatic nitrogens is 1. The molecular weight excluding hydrogens is 378 g/mol. The number of fused-ring (bicyclic) bond motifs is 6. The Morgan fingerprint density at radius 3 is 2.48 bits per heavy atom. The molecule has 2 heteroatoms. The summed E-state index contributed by atoms with van der Waals surface area (Å²) in [5.41, 5.74) is 5.31. The molecule has 0 bridgehead atoms. The van der Waals surface area contributed by atoms with Crippen LogP contribution in [-0.4, -0.2) is 4.98 Å². The highest BCUT2D eigenvalue weighted by Crippen LogP contribution is 2.37. The normalized spacial score (nSPS) is 12.0. The van der Waals surface area contributed by atoms with E-state index < -0.39 is 0 Å². The molecule has 0 saturated heterocycles. The zero-order valence-electron chi connectivity index (χ0n) is 17.7. The molecule has 0 radical (unpaired) electrons. The van der Waals surface area contributed by atoms with Gasteiger partial charge in [-0.2, -0.15) is 0 Å². The second kappa shape index (κ2) is 6.95. The molecule has 31 heavy (non-hydrogen) atoms. The standard InChI is InChI=1S/C29H23NO/c1-18(2)15-19-7-10-23-21(16-19)13-14-30-28(23)22-9-11-25-26-12-8-20-5-3-4-6-24(20)29(26)31-27(25)17-22/h3-14,16-18H,15H2,1-2H3. The van der Waals surface area contributed by atoms with Crippen molar-refractivity contribution in [2.24, 2.45) is 5.92 Å². The first-order valence-corrected chi connectivity index (χ1v) is 10.9. The van der Waals surface area contributed by atoms with Crippen LogP contribution in [0, 0.1) is 5.92 Å². The average Bonchev–Trinajstić information content (AvgIpc) is 3.16. The lowest BCUT2D eigenvalue weighted by Crippen LogP contribution is -1.94. The van der Waals surface area contributed by atoms with Crippen molar-refractivity contribution in [2.45, 2.75) is 20.3 Å². The van der Waals surface area contributed by atoms with Gasteiger partial charge in [-0.1, -0.05) is 68.4 Å². The molecule has 4 aromatic carbocycles. The lowest BCUT2D eigenvalue weighted by Gasteiger charge is -2.09. The van der Waals surface area contributed by atoms with Crippen LogP contribution in [-0.2, 0) is 6.42 Å². The van der Waals surface area contributed by atoms with Gasteiger partial charge in [-0.25, -0.2) is 0 Å². The highest BCUT2D eigenvalue weighted by molar-refractivity contribution is 6.15. The Kier molecular flexibility index (Phi) is 4.07. The summed E-state index contributed by atoms with van der Waals surface area (Å²) >= 11 is 0. The molecule has 2 nitrogen and oxygen atoms in total. The Morgan fingerprint density at radius 2 is 1.58 bits per heavy atom. The first kappa shape index (κ1) is 18.1. The summed E-state index contributed by atoms with van der Waals surface area (Å²) in [5.74, 6) is 0.644. The van der Waals surface area contributed by atoms with Crippen LogP contribution >= 0.6 is 0 Å². The number of hydrogen-bond acceptors (Lipinski definition) is 2. The van der Waals surface area contributed by atoms with Crippen molar-refractivity contribution in [3.63, 3.8) is 0 Å². The monoisotopic (exact) mass is 401 g/mol. The highest BCUT2D eigenvalue weighted by Gasteiger charge is 2.13. The van der Waals surface area contributed by atoms with Gasteiger partial charge in [0.2, 0.25) is 0 Å². The Labute approximate surface area is 181 Å². The first-order valence-electron chi connectivity index (χ1n) is 10.9. The Morgan fingerprint density at radius 1 is 0.742 bits per heavy atom. The van der Waals surface area contributed by atoms with E-state index >= 15 is 0 Å². The van der Waals surface area contributed by atoms with Gasteiger partial charge in [-0.15, -0.1) is 0 Å². The van der Waals surface area contributed by atoms with Gasteiger partial charge in [0.15, 0.2) is 0 Å². The van der Waals surface area contributed by atoms with Gasteiger partial charge in [-0.3, -0.25) is 4.98 Å². The van der Waals surface area contributed by atoms with Gasteiger partial charge in [0, 0.05) is 33.3 Å². The Balaban J connectivity index is 1.53. The SMILES string of the molecule is CC(C)Cc1ccc2c(-c3ccc4c(c3)oc3c5ccccc5ccc43)nccc2c1. The minimum absolute atomic E-state index is 0.644. The summed E-state index contributed by atoms with van der Waals surface area (Å²) in [4.78, 5) is 4.74. The van der Waals surface area contributed by atoms with E-state index in [0.717, 1.165) is 45.0 Å². The Bertz CT molecular complexity index is 1590. The lowest BCUT2D eigenvalue weighted by molar-refractivity contribution is 0.648. The van der Waals surface area contributed by atoms with E-state index in [2.05, 4.69) is 92.7 Å². The molecule has 0 atom stereocenters. The number of nitrogens with zero attached hydrogens (tertiary/aromatic N) is 1. The fourth-order valence-electron chi connectivity index (χ4n) is 4.71. The zero-order chi connectivity index (χ0) is 20.9. The molecule has 0 spiro atoms. The first-order chi connectivity index (χ1) is 15.2. The van der Waals surface area contributed by atoms with Crippen molar-refractivity contribution < 1.29 is 4.42 Å². The van der Waals surface area contributed by atoms with Crippen LogP contribution < -0.4 is 0 Å². The maximum atomic E-state index is 6.38. The van der Waals surface area contributed by atoms with Crippen molar-refractivity contribution in [2.75, 3.05) is 0 Å². The van der Waals surface area contributed by atoms with Crippen molar-refractivity contribution in [1.82, 2.24) is 4.98 Å². The summed E-state index contributed by atoms with van der Waals surface area (Å²) in [6, 6.07) is 28.0. The van der Waals surface area contributed by atoms with Crippen LogP contribution in [0.4, 0.5) is 0 Å². The third-order valence-electron chi connectivity index (χ3n) is 6.11. The third-order valence-corrected chi connectivity index (χ3v) is 6.11. The van der Waals surface area contributed by atoms with E-state index in [-0.39, 0.29) is 0 Å². The predicted molar refractivity (Wildman–Crippen MR) is 131 cm³/mol. The molecule has 0 aliphatic carbocycles. The number of rotatable bonds is 3. The smallest absolute Gasteiger partial charge is 0.143 e. The van der Waals surface area contributed by atoms with Crippen LogP contribution in [0.2, 0.25) is 0 Å². The summed E-state index contributed by atoms with van der Waals surface area (Å²) in [6.07, 6.45) is 3.00. The predicted octanol–water partition coefficient (Wildman–Crippen LogP) is 8.15. The van der Waals surface area contributed by atoms with Gasteiger partial charge in [0.05, 0.1) is 5.69 Å². The molecule has 2 heterocycles. The van der Waals surface area contributed by atoms with Gasteiger partial charge in [0.25, 0.3) is 0 Å². The van der Waals surface area contributed by atoms with Crippen molar-refractivity contribution in [1.29, 1.82) is 0 Å². The quantitative estimate of drug-likeness (QED) is 0.299. The maximum absolute atomic E-state index is 6.38. The zero-order valence-corrected chi connectivity index (χ0v) is 17.7. The summed E-state index contributed by atoms with van der Waals surface area (Å²) < 4.78 is 6.38. The van der Waals surface area contributed by atoms with E-state index in [1.165, 1.54) is 21.7 Å². The molecule has 0 saturated carbocycles. The van der Waals surface area contributed by atoms with Crippen LogP contribution in [0.5, 0.6) is 0 Å². The fraction of sp³-hybridized carbons (Fsp3) is 0.138. The average molecular weight is 402 g/mol. The summed E-state index contributed by atoms with van der Waals surface area (Å²) in [7, 11) is 0. The van der Waals surface area contributed by atoms with Crippen molar-refractivity contribution in [3.8, 4) is 11.3 Å². The third kappa shape index (κ3) is 2.98. The van der Waals surface area contributed by atoms with Crippen LogP contribution in [0.3, 0.4) is 0 Å². The molecule has 0 aliphatic heterocycles. The molecule has 0 N–H and O–H groups in total. The van der Waals surface area contributed by atoms with E-state index in [4.69, 9.17) is 9.40 Å². The maximum Gasteiger partial charge on any atom is 0.143 e. The summed E-state index contributed by atoms with van der Waals surface area (Å²) in [5, 5.41) is 7.06. The summed E-state index contributed by atoms with van der Waals surface area (Å²) in [6.45, 7) is 4.52. The van der Waals surface area contributed by atoms with E-state index in [0.29, 0.717) is 5.92 Å². The lowest BCUT2D eigenvalue weighted by atomic mass is 9.97. The minimum Gasteiger partial charge on any atom is -0.455 e. The number of benzene rings is 4. The molecule has 0 unspecified atom stereocenters. The number of pyridine rings is 1. The van der Waals surface area contributed by atoms with E-state index in [9.17, 15) is 0 Å². The van der Waals surface area contributed by atoms with Crippen molar-refractivity contribution in [3.05, 3.63) is 90.6 Å². The van der Waals surface area contributed by atoms with Gasteiger partial charge in [-0.05, 0) is 52.9 Å². The van der Waals surface area contributed by atoms with Gasteiger partial charge < -0.3 is 4.42 Å². The topological polar surface area (TPSA) is 26.0 Å². The largest absolute Gasteiger partial charge is 0.455 e. The van der Waals surface area contributed by atoms with E-state index in [1.807, 2.05) is 6.20 Å². The minimum atomic E-state index is 0.644. The Hall–Kier alpha value is -3.65. The molecule has 150 valence electrons. The molecule has 6 aromatic rings. The molecule has 0 aliphatic rings. The van der Waals surface area contributed by atoms with E-state index in [1.54, 1.807) is 0 Å². The van der Waals surface area contributed by atoms with Crippen LogP contribution in [0.15, 0.2) is 89.5 Å². The highest BCUT2D eigenvalue weighted by atomic mass is 16.3. The second-order valence-corrected chi connectivity index (χ2v) is 8.79. The molecule has 0 amide bonds. The van der Waals surface area contributed by atoms with Gasteiger partial charge >= 0.3 is 0 Å². The number of hydrogen-bond donors (Lipinski definition) is 0. The number of furan rings is 1. The molecule has 2 aromatic heterocycles. The molecule has 0 fully saturated rings. The van der Waals surface area contributed by atoms with Crippen molar-refractivity contribution >= 4 is 43.5 Å². The fourth-order valence-corrected chi connectivity index (χ4v) is 4.71.